The highest BCUT2D eigenvalue weighted by atomic mass is 32.2. The van der Waals surface area contributed by atoms with Crippen LogP contribution in [0.3, 0.4) is 0 Å². The highest BCUT2D eigenvalue weighted by molar-refractivity contribution is 8.00. The number of carbonyl (C=O) groups excluding carboxylic acids is 1. The fourth-order valence-electron chi connectivity index (χ4n) is 5.01. The molecule has 11 heteroatoms. The van der Waals surface area contributed by atoms with E-state index in [-0.39, 0.29) is 40.5 Å². The molecule has 194 valence electrons. The maximum atomic E-state index is 13.1. The molecule has 1 amide bonds. The highest BCUT2D eigenvalue weighted by Crippen LogP contribution is 2.40. The molecule has 1 aromatic heterocycles. The SMILES string of the molecule is Cc1ccc(C(Nc2c(Nc3cccc(C(=O)N4CCC[C@H]4C(=O)O)c3O)c(=O)c2=O)C2CCCS2)o1. The number of carboxylic acid groups (broad SMARTS) is 1. The van der Waals surface area contributed by atoms with Gasteiger partial charge >= 0.3 is 5.97 Å². The Morgan fingerprint density at radius 1 is 1.11 bits per heavy atom. The van der Waals surface area contributed by atoms with Crippen LogP contribution in [-0.2, 0) is 4.79 Å². The van der Waals surface area contributed by atoms with Gasteiger partial charge in [-0.25, -0.2) is 4.79 Å². The van der Waals surface area contributed by atoms with Crippen molar-refractivity contribution in [3.05, 3.63) is 67.9 Å². The van der Waals surface area contributed by atoms with Crippen LogP contribution in [0, 0.1) is 6.92 Å². The summed E-state index contributed by atoms with van der Waals surface area (Å²) in [4.78, 5) is 50.9. The zero-order chi connectivity index (χ0) is 26.3. The van der Waals surface area contributed by atoms with Gasteiger partial charge in [0, 0.05) is 11.8 Å². The van der Waals surface area contributed by atoms with Crippen LogP contribution in [0.5, 0.6) is 5.75 Å². The van der Waals surface area contributed by atoms with Gasteiger partial charge in [-0.15, -0.1) is 0 Å². The average molecular weight is 526 g/mol. The summed E-state index contributed by atoms with van der Waals surface area (Å²) in [6.45, 7) is 2.11. The Morgan fingerprint density at radius 3 is 2.57 bits per heavy atom. The summed E-state index contributed by atoms with van der Waals surface area (Å²) in [6, 6.07) is 6.82. The van der Waals surface area contributed by atoms with Crippen molar-refractivity contribution in [2.24, 2.45) is 0 Å². The Bertz CT molecular complexity index is 1420. The van der Waals surface area contributed by atoms with Gasteiger partial charge in [-0.2, -0.15) is 11.8 Å². The van der Waals surface area contributed by atoms with Crippen LogP contribution >= 0.6 is 11.8 Å². The normalized spacial score (nSPS) is 20.3. The lowest BCUT2D eigenvalue weighted by Gasteiger charge is -2.26. The van der Waals surface area contributed by atoms with Crippen LogP contribution in [0.25, 0.3) is 0 Å². The minimum Gasteiger partial charge on any atom is -0.505 e. The quantitative estimate of drug-likeness (QED) is 0.255. The number of likely N-dealkylation sites (tertiary alicyclic amines) is 1. The molecule has 4 N–H and O–H groups in total. The van der Waals surface area contributed by atoms with Crippen molar-refractivity contribution in [2.75, 3.05) is 22.9 Å². The molecule has 3 aromatic rings. The summed E-state index contributed by atoms with van der Waals surface area (Å²) in [5.41, 5.74) is -1.35. The first-order valence-corrected chi connectivity index (χ1v) is 13.2. The molecule has 2 saturated heterocycles. The van der Waals surface area contributed by atoms with Crippen molar-refractivity contribution >= 4 is 40.7 Å². The minimum absolute atomic E-state index is 0.00856. The number of hydrogen-bond acceptors (Lipinski definition) is 9. The molecule has 3 heterocycles. The highest BCUT2D eigenvalue weighted by Gasteiger charge is 2.36. The van der Waals surface area contributed by atoms with Gasteiger partial charge in [0.25, 0.3) is 16.8 Å². The zero-order valence-electron chi connectivity index (χ0n) is 20.2. The number of amides is 1. The third kappa shape index (κ3) is 4.59. The lowest BCUT2D eigenvalue weighted by atomic mass is 10.0. The number of phenols is 1. The number of furan rings is 1. The molecule has 5 rings (SSSR count). The van der Waals surface area contributed by atoms with Crippen LogP contribution in [-0.4, -0.2) is 50.6 Å². The molecule has 2 fully saturated rings. The number of phenolic OH excluding ortho intramolecular Hbond substituents is 1. The summed E-state index contributed by atoms with van der Waals surface area (Å²) in [6.07, 6.45) is 2.86. The smallest absolute Gasteiger partial charge is 0.326 e. The number of aryl methyl sites for hydroxylation is 1. The van der Waals surface area contributed by atoms with E-state index in [0.717, 1.165) is 24.4 Å². The Hall–Kier alpha value is -3.73. The van der Waals surface area contributed by atoms with Gasteiger partial charge in [-0.1, -0.05) is 6.07 Å². The molecule has 2 aromatic carbocycles. The van der Waals surface area contributed by atoms with Crippen LogP contribution in [0.1, 0.15) is 53.6 Å². The van der Waals surface area contributed by atoms with Gasteiger partial charge in [0.15, 0.2) is 5.75 Å². The molecule has 0 saturated carbocycles. The second-order valence-electron chi connectivity index (χ2n) is 9.35. The minimum atomic E-state index is -1.10. The van der Waals surface area contributed by atoms with Gasteiger partial charge in [0.1, 0.15) is 28.9 Å². The molecule has 0 aliphatic carbocycles. The van der Waals surface area contributed by atoms with E-state index in [4.69, 9.17) is 4.42 Å². The lowest BCUT2D eigenvalue weighted by molar-refractivity contribution is -0.141. The van der Waals surface area contributed by atoms with E-state index in [2.05, 4.69) is 10.6 Å². The van der Waals surface area contributed by atoms with Gasteiger partial charge < -0.3 is 30.2 Å². The van der Waals surface area contributed by atoms with Crippen LogP contribution < -0.4 is 21.5 Å². The molecule has 0 bridgehead atoms. The molecule has 2 unspecified atom stereocenters. The fraction of sp³-hybridized carbons (Fsp3) is 0.385. The Balaban J connectivity index is 1.42. The topological polar surface area (TPSA) is 149 Å². The monoisotopic (exact) mass is 525 g/mol. The van der Waals surface area contributed by atoms with E-state index in [1.807, 2.05) is 19.1 Å². The van der Waals surface area contributed by atoms with Crippen molar-refractivity contribution in [2.45, 2.75) is 49.9 Å². The molecule has 0 spiro atoms. The Labute approximate surface area is 216 Å². The van der Waals surface area contributed by atoms with Crippen molar-refractivity contribution < 1.29 is 24.2 Å². The predicted molar refractivity (Wildman–Crippen MR) is 140 cm³/mol. The molecule has 2 aliphatic rings. The average Bonchev–Trinajstić information content (AvgIpc) is 3.66. The molecular formula is C26H27N3O7S. The third-order valence-corrected chi connectivity index (χ3v) is 8.40. The number of nitrogens with one attached hydrogen (secondary N) is 2. The van der Waals surface area contributed by atoms with Gasteiger partial charge in [-0.05, 0) is 62.6 Å². The lowest BCUT2D eigenvalue weighted by Crippen LogP contribution is -2.40. The van der Waals surface area contributed by atoms with Crippen molar-refractivity contribution in [3.8, 4) is 5.75 Å². The second kappa shape index (κ2) is 9.97. The number of carboxylic acids is 1. The number of para-hydroxylation sites is 1. The summed E-state index contributed by atoms with van der Waals surface area (Å²) in [5, 5.41) is 26.5. The summed E-state index contributed by atoms with van der Waals surface area (Å²) in [5.74, 6) is 0.273. The van der Waals surface area contributed by atoms with Gasteiger partial charge in [-0.3, -0.25) is 14.4 Å². The molecule has 2 aliphatic heterocycles. The fourth-order valence-corrected chi connectivity index (χ4v) is 6.37. The standard InChI is InChI=1S/C26H27N3O7S/c1-13-9-10-17(36-13)19(18-8-4-12-37-18)28-21-20(23(31)24(21)32)27-15-6-2-5-14(22(15)30)25(33)29-11-3-7-16(29)26(34)35/h2,5-6,9-10,16,18-19,27-28,30H,3-4,7-8,11-12H2,1H3,(H,34,35)/t16-,18?,19?/m0/s1. The van der Waals surface area contributed by atoms with E-state index in [1.165, 1.54) is 23.1 Å². The first-order valence-electron chi connectivity index (χ1n) is 12.2. The Morgan fingerprint density at radius 2 is 1.89 bits per heavy atom. The number of benzene rings is 1. The van der Waals surface area contributed by atoms with Crippen LogP contribution in [0.15, 0.2) is 44.3 Å². The van der Waals surface area contributed by atoms with Crippen molar-refractivity contribution in [1.29, 1.82) is 0 Å². The second-order valence-corrected chi connectivity index (χ2v) is 10.7. The third-order valence-electron chi connectivity index (χ3n) is 6.94. The van der Waals surface area contributed by atoms with E-state index in [9.17, 15) is 29.4 Å². The van der Waals surface area contributed by atoms with E-state index >= 15 is 0 Å². The van der Waals surface area contributed by atoms with E-state index in [1.54, 1.807) is 11.8 Å². The number of nitrogens with zero attached hydrogens (tertiary/aromatic N) is 1. The summed E-state index contributed by atoms with van der Waals surface area (Å²) >= 11 is 1.77. The number of anilines is 3. The summed E-state index contributed by atoms with van der Waals surface area (Å²) < 4.78 is 5.84. The van der Waals surface area contributed by atoms with Gasteiger partial charge in [0.05, 0.1) is 17.3 Å². The summed E-state index contributed by atoms with van der Waals surface area (Å²) in [7, 11) is 0. The number of aromatic hydroxyl groups is 1. The first kappa shape index (κ1) is 24.9. The number of thioether (sulfide) groups is 1. The van der Waals surface area contributed by atoms with Crippen molar-refractivity contribution in [3.63, 3.8) is 0 Å². The maximum absolute atomic E-state index is 13.1. The van der Waals surface area contributed by atoms with E-state index in [0.29, 0.717) is 18.6 Å². The van der Waals surface area contributed by atoms with E-state index < -0.39 is 34.5 Å². The number of carbonyl (C=O) groups is 2. The molecule has 0 radical (unpaired) electrons. The predicted octanol–water partition coefficient (Wildman–Crippen LogP) is 3.37. The van der Waals surface area contributed by atoms with Crippen molar-refractivity contribution in [1.82, 2.24) is 4.90 Å². The largest absolute Gasteiger partial charge is 0.505 e. The zero-order valence-corrected chi connectivity index (χ0v) is 21.0. The molecule has 10 nitrogen and oxygen atoms in total. The first-order chi connectivity index (χ1) is 17.8. The van der Waals surface area contributed by atoms with Crippen LogP contribution in [0.2, 0.25) is 0 Å². The van der Waals surface area contributed by atoms with Crippen LogP contribution in [0.4, 0.5) is 17.1 Å². The molecule has 3 atom stereocenters. The molecule has 37 heavy (non-hydrogen) atoms. The maximum Gasteiger partial charge on any atom is 0.326 e. The number of rotatable bonds is 8. The number of aliphatic carboxylic acids is 1. The Kier molecular flexibility index (Phi) is 6.72. The number of hydrogen-bond donors (Lipinski definition) is 4. The molecular weight excluding hydrogens is 498 g/mol. The van der Waals surface area contributed by atoms with Gasteiger partial charge in [0.2, 0.25) is 0 Å².